The monoisotopic (exact) mass is 326 g/mol. The molecule has 0 spiro atoms. The maximum atomic E-state index is 13.2. The number of hydrogen-bond donors (Lipinski definition) is 1. The van der Waals surface area contributed by atoms with Crippen LogP contribution in [-0.2, 0) is 17.9 Å². The van der Waals surface area contributed by atoms with Gasteiger partial charge in [-0.25, -0.2) is 0 Å². The Morgan fingerprint density at radius 3 is 2.61 bits per heavy atom. The molecule has 5 nitrogen and oxygen atoms in total. The summed E-state index contributed by atoms with van der Waals surface area (Å²) >= 11 is 0. The summed E-state index contributed by atoms with van der Waals surface area (Å²) in [5.74, 6) is -2.00. The Balaban J connectivity index is 2.01. The maximum Gasteiger partial charge on any atom is 0.396 e. The van der Waals surface area contributed by atoms with E-state index in [2.05, 4.69) is 15.5 Å². The van der Waals surface area contributed by atoms with E-state index in [-0.39, 0.29) is 12.1 Å². The van der Waals surface area contributed by atoms with Crippen molar-refractivity contribution in [1.82, 2.24) is 20.1 Å². The molecule has 23 heavy (non-hydrogen) atoms. The quantitative estimate of drug-likeness (QED) is 0.888. The van der Waals surface area contributed by atoms with E-state index in [4.69, 9.17) is 0 Å². The maximum absolute atomic E-state index is 13.2. The molecule has 0 saturated heterocycles. The van der Waals surface area contributed by atoms with Gasteiger partial charge in [0.25, 0.3) is 0 Å². The number of benzene rings is 1. The first-order valence-corrected chi connectivity index (χ1v) is 7.16. The fourth-order valence-corrected chi connectivity index (χ4v) is 2.22. The van der Waals surface area contributed by atoms with Crippen molar-refractivity contribution in [1.29, 1.82) is 0 Å². The largest absolute Gasteiger partial charge is 0.396 e. The molecule has 1 amide bonds. The van der Waals surface area contributed by atoms with Gasteiger partial charge in [0.15, 0.2) is 5.82 Å². The van der Waals surface area contributed by atoms with Crippen LogP contribution in [0.2, 0.25) is 0 Å². The normalized spacial score (nSPS) is 12.9. The molecule has 1 N–H and O–H groups in total. The predicted molar refractivity (Wildman–Crippen MR) is 77.4 cm³/mol. The van der Waals surface area contributed by atoms with Gasteiger partial charge in [-0.2, -0.15) is 13.2 Å². The zero-order valence-corrected chi connectivity index (χ0v) is 12.5. The average molecular weight is 326 g/mol. The second-order valence-electron chi connectivity index (χ2n) is 5.02. The standard InChI is InChI=1S/C15H17F3N4O/c1-2-22-10-20-21-13(22)9-19-14(23)8-12(15(16,17)18)11-6-4-3-5-7-11/h3-7,10,12H,2,8-9H2,1H3,(H,19,23). The Hall–Kier alpha value is -2.38. The lowest BCUT2D eigenvalue weighted by atomic mass is 9.95. The lowest BCUT2D eigenvalue weighted by molar-refractivity contribution is -0.157. The number of halogens is 3. The highest BCUT2D eigenvalue weighted by atomic mass is 19.4. The number of amides is 1. The number of carbonyl (C=O) groups is 1. The molecule has 2 rings (SSSR count). The molecule has 1 atom stereocenters. The van der Waals surface area contributed by atoms with Crippen molar-refractivity contribution in [2.24, 2.45) is 0 Å². The Morgan fingerprint density at radius 2 is 2.00 bits per heavy atom. The van der Waals surface area contributed by atoms with E-state index in [1.54, 1.807) is 10.6 Å². The van der Waals surface area contributed by atoms with Gasteiger partial charge in [-0.05, 0) is 12.5 Å². The summed E-state index contributed by atoms with van der Waals surface area (Å²) in [6.07, 6.45) is -3.64. The molecular formula is C15H17F3N4O. The summed E-state index contributed by atoms with van der Waals surface area (Å²) in [5, 5.41) is 9.99. The van der Waals surface area contributed by atoms with Crippen LogP contribution in [0.4, 0.5) is 13.2 Å². The number of aromatic nitrogens is 3. The number of carbonyl (C=O) groups excluding carboxylic acids is 1. The second kappa shape index (κ2) is 7.26. The highest BCUT2D eigenvalue weighted by molar-refractivity contribution is 5.76. The van der Waals surface area contributed by atoms with Crippen molar-refractivity contribution in [2.75, 3.05) is 0 Å². The molecule has 0 radical (unpaired) electrons. The van der Waals surface area contributed by atoms with Crippen LogP contribution >= 0.6 is 0 Å². The summed E-state index contributed by atoms with van der Waals surface area (Å²) in [4.78, 5) is 11.9. The highest BCUT2D eigenvalue weighted by Gasteiger charge is 2.41. The van der Waals surface area contributed by atoms with Gasteiger partial charge in [0, 0.05) is 13.0 Å². The lowest BCUT2D eigenvalue weighted by Gasteiger charge is -2.20. The number of rotatable bonds is 6. The van der Waals surface area contributed by atoms with Gasteiger partial charge in [0.1, 0.15) is 6.33 Å². The molecule has 0 bridgehead atoms. The third-order valence-corrected chi connectivity index (χ3v) is 3.47. The summed E-state index contributed by atoms with van der Waals surface area (Å²) in [6, 6.07) is 7.43. The highest BCUT2D eigenvalue weighted by Crippen LogP contribution is 2.37. The van der Waals surface area contributed by atoms with E-state index in [0.717, 1.165) is 0 Å². The Labute approximate surface area is 131 Å². The zero-order chi connectivity index (χ0) is 16.9. The van der Waals surface area contributed by atoms with Crippen LogP contribution in [0, 0.1) is 0 Å². The van der Waals surface area contributed by atoms with Gasteiger partial charge in [-0.15, -0.1) is 10.2 Å². The topological polar surface area (TPSA) is 59.8 Å². The number of nitrogens with zero attached hydrogens (tertiary/aromatic N) is 3. The van der Waals surface area contributed by atoms with E-state index >= 15 is 0 Å². The van der Waals surface area contributed by atoms with Crippen molar-refractivity contribution in [3.8, 4) is 0 Å². The zero-order valence-electron chi connectivity index (χ0n) is 12.5. The van der Waals surface area contributed by atoms with Crippen LogP contribution in [0.5, 0.6) is 0 Å². The van der Waals surface area contributed by atoms with Crippen molar-refractivity contribution in [3.05, 3.63) is 48.0 Å². The molecule has 8 heteroatoms. The first kappa shape index (κ1) is 17.0. The molecule has 0 aliphatic rings. The Morgan fingerprint density at radius 1 is 1.30 bits per heavy atom. The first-order valence-electron chi connectivity index (χ1n) is 7.16. The minimum atomic E-state index is -4.48. The van der Waals surface area contributed by atoms with Crippen molar-refractivity contribution >= 4 is 5.91 Å². The van der Waals surface area contributed by atoms with Crippen molar-refractivity contribution in [2.45, 2.75) is 38.5 Å². The van der Waals surface area contributed by atoms with Crippen LogP contribution in [0.3, 0.4) is 0 Å². The summed E-state index contributed by atoms with van der Waals surface area (Å²) in [6.45, 7) is 2.54. The van der Waals surface area contributed by atoms with Gasteiger partial charge < -0.3 is 9.88 Å². The Bertz CT molecular complexity index is 640. The van der Waals surface area contributed by atoms with E-state index in [1.807, 2.05) is 6.92 Å². The molecule has 0 aliphatic heterocycles. The number of aryl methyl sites for hydroxylation is 1. The fourth-order valence-electron chi connectivity index (χ4n) is 2.22. The van der Waals surface area contributed by atoms with Gasteiger partial charge in [0.05, 0.1) is 12.5 Å². The van der Waals surface area contributed by atoms with Gasteiger partial charge in [0.2, 0.25) is 5.91 Å². The van der Waals surface area contributed by atoms with Gasteiger partial charge in [-0.1, -0.05) is 30.3 Å². The van der Waals surface area contributed by atoms with Crippen LogP contribution < -0.4 is 5.32 Å². The molecule has 0 saturated carbocycles. The number of nitrogens with one attached hydrogen (secondary N) is 1. The number of alkyl halides is 3. The molecule has 1 heterocycles. The number of hydrogen-bond acceptors (Lipinski definition) is 3. The first-order chi connectivity index (χ1) is 10.9. The molecular weight excluding hydrogens is 309 g/mol. The molecule has 1 unspecified atom stereocenters. The van der Waals surface area contributed by atoms with Crippen LogP contribution in [-0.4, -0.2) is 26.8 Å². The smallest absolute Gasteiger partial charge is 0.349 e. The predicted octanol–water partition coefficient (Wildman–Crippen LogP) is 2.65. The SMILES string of the molecule is CCn1cnnc1CNC(=O)CC(c1ccccc1)C(F)(F)F. The molecule has 1 aromatic carbocycles. The summed E-state index contributed by atoms with van der Waals surface area (Å²) in [5.41, 5.74) is 0.0758. The summed E-state index contributed by atoms with van der Waals surface area (Å²) < 4.78 is 41.3. The van der Waals surface area contributed by atoms with Crippen molar-refractivity contribution in [3.63, 3.8) is 0 Å². The minimum absolute atomic E-state index is 0.0477. The van der Waals surface area contributed by atoms with Gasteiger partial charge in [-0.3, -0.25) is 4.79 Å². The van der Waals surface area contributed by atoms with E-state index in [0.29, 0.717) is 12.4 Å². The average Bonchev–Trinajstić information content (AvgIpc) is 2.98. The van der Waals surface area contributed by atoms with Crippen LogP contribution in [0.15, 0.2) is 36.7 Å². The molecule has 1 aromatic heterocycles. The van der Waals surface area contributed by atoms with Crippen LogP contribution in [0.25, 0.3) is 0 Å². The van der Waals surface area contributed by atoms with E-state index < -0.39 is 24.4 Å². The van der Waals surface area contributed by atoms with Gasteiger partial charge >= 0.3 is 6.18 Å². The second-order valence-corrected chi connectivity index (χ2v) is 5.02. The lowest BCUT2D eigenvalue weighted by Crippen LogP contribution is -2.31. The third-order valence-electron chi connectivity index (χ3n) is 3.47. The molecule has 124 valence electrons. The molecule has 2 aromatic rings. The fraction of sp³-hybridized carbons (Fsp3) is 0.400. The van der Waals surface area contributed by atoms with E-state index in [1.165, 1.54) is 30.6 Å². The van der Waals surface area contributed by atoms with Crippen molar-refractivity contribution < 1.29 is 18.0 Å². The minimum Gasteiger partial charge on any atom is -0.349 e. The molecule has 0 fully saturated rings. The van der Waals surface area contributed by atoms with E-state index in [9.17, 15) is 18.0 Å². The third kappa shape index (κ3) is 4.54. The molecule has 0 aliphatic carbocycles. The van der Waals surface area contributed by atoms with Crippen LogP contribution in [0.1, 0.15) is 30.7 Å². The summed E-state index contributed by atoms with van der Waals surface area (Å²) in [7, 11) is 0. The Kier molecular flexibility index (Phi) is 5.36.